The molecule has 3 aromatic rings. The summed E-state index contributed by atoms with van der Waals surface area (Å²) in [6.45, 7) is 10.5. The van der Waals surface area contributed by atoms with Crippen LogP contribution in [-0.4, -0.2) is 42.9 Å². The number of benzene rings is 2. The first-order chi connectivity index (χ1) is 17.5. The van der Waals surface area contributed by atoms with Crippen molar-refractivity contribution in [3.05, 3.63) is 76.0 Å². The van der Waals surface area contributed by atoms with Gasteiger partial charge in [-0.05, 0) is 55.0 Å². The number of halogens is 2. The van der Waals surface area contributed by atoms with Gasteiger partial charge in [0.25, 0.3) is 0 Å². The fraction of sp³-hybridized carbons (Fsp3) is 0.310. The lowest BCUT2D eigenvalue weighted by Gasteiger charge is -2.39. The number of hydrogen-bond acceptors (Lipinski definition) is 4. The van der Waals surface area contributed by atoms with Crippen molar-refractivity contribution in [2.45, 2.75) is 27.7 Å². The zero-order valence-electron chi connectivity index (χ0n) is 21.5. The molecule has 1 saturated heterocycles. The van der Waals surface area contributed by atoms with E-state index in [0.717, 1.165) is 16.8 Å². The minimum Gasteiger partial charge on any atom is -0.457 e. The molecule has 1 fully saturated rings. The van der Waals surface area contributed by atoms with E-state index in [1.165, 1.54) is 6.08 Å². The van der Waals surface area contributed by atoms with Gasteiger partial charge in [-0.25, -0.2) is 0 Å². The molecule has 1 aromatic heterocycles. The van der Waals surface area contributed by atoms with Gasteiger partial charge in [0.05, 0.1) is 10.7 Å². The van der Waals surface area contributed by atoms with Gasteiger partial charge in [0, 0.05) is 53.9 Å². The summed E-state index contributed by atoms with van der Waals surface area (Å²) in [5.41, 5.74) is 2.97. The summed E-state index contributed by atoms with van der Waals surface area (Å²) in [7, 11) is 0. The van der Waals surface area contributed by atoms with E-state index in [9.17, 15) is 9.59 Å². The predicted octanol–water partition coefficient (Wildman–Crippen LogP) is 6.91. The van der Waals surface area contributed by atoms with Crippen LogP contribution < -0.4 is 10.2 Å². The number of nitrogens with zero attached hydrogens (tertiary/aromatic N) is 2. The molecule has 1 aliphatic rings. The second-order valence-electron chi connectivity index (χ2n) is 10.2. The second kappa shape index (κ2) is 11.0. The predicted molar refractivity (Wildman–Crippen MR) is 151 cm³/mol. The van der Waals surface area contributed by atoms with Crippen molar-refractivity contribution in [3.8, 4) is 11.3 Å². The largest absolute Gasteiger partial charge is 0.457 e. The molecule has 1 N–H and O–H groups in total. The number of anilines is 2. The molecule has 2 heterocycles. The van der Waals surface area contributed by atoms with Crippen molar-refractivity contribution < 1.29 is 14.0 Å². The number of furan rings is 1. The maximum absolute atomic E-state index is 12.5. The zero-order chi connectivity index (χ0) is 26.7. The minimum absolute atomic E-state index is 0.162. The highest BCUT2D eigenvalue weighted by Crippen LogP contribution is 2.31. The van der Waals surface area contributed by atoms with E-state index in [2.05, 4.69) is 10.2 Å². The Morgan fingerprint density at radius 2 is 1.68 bits per heavy atom. The summed E-state index contributed by atoms with van der Waals surface area (Å²) in [4.78, 5) is 29.1. The lowest BCUT2D eigenvalue weighted by Crippen LogP contribution is -2.51. The molecule has 4 rings (SSSR count). The number of aryl methyl sites for hydroxylation is 1. The van der Waals surface area contributed by atoms with E-state index in [4.69, 9.17) is 27.6 Å². The lowest BCUT2D eigenvalue weighted by atomic mass is 9.94. The fourth-order valence-corrected chi connectivity index (χ4v) is 4.63. The van der Waals surface area contributed by atoms with Crippen LogP contribution in [0.15, 0.2) is 59.0 Å². The van der Waals surface area contributed by atoms with Gasteiger partial charge in [0.15, 0.2) is 0 Å². The summed E-state index contributed by atoms with van der Waals surface area (Å²) < 4.78 is 5.83. The molecule has 0 spiro atoms. The lowest BCUT2D eigenvalue weighted by molar-refractivity contribution is -0.139. The van der Waals surface area contributed by atoms with Gasteiger partial charge < -0.3 is 19.5 Å². The van der Waals surface area contributed by atoms with Crippen LogP contribution in [0.2, 0.25) is 10.0 Å². The molecule has 6 nitrogen and oxygen atoms in total. The third-order valence-corrected chi connectivity index (χ3v) is 6.96. The highest BCUT2D eigenvalue weighted by molar-refractivity contribution is 6.33. The van der Waals surface area contributed by atoms with Crippen LogP contribution >= 0.6 is 23.2 Å². The minimum atomic E-state index is -0.386. The quantitative estimate of drug-likeness (QED) is 0.357. The Kier molecular flexibility index (Phi) is 8.00. The van der Waals surface area contributed by atoms with Crippen LogP contribution in [0.25, 0.3) is 17.4 Å². The maximum atomic E-state index is 12.5. The molecule has 0 aliphatic carbocycles. The topological polar surface area (TPSA) is 65.8 Å². The Morgan fingerprint density at radius 3 is 2.32 bits per heavy atom. The molecule has 37 heavy (non-hydrogen) atoms. The van der Waals surface area contributed by atoms with Crippen molar-refractivity contribution in [2.75, 3.05) is 36.4 Å². The van der Waals surface area contributed by atoms with Crippen molar-refractivity contribution in [2.24, 2.45) is 5.41 Å². The normalized spacial score (nSPS) is 14.3. The summed E-state index contributed by atoms with van der Waals surface area (Å²) in [6.07, 6.45) is 3.03. The molecule has 0 saturated carbocycles. The van der Waals surface area contributed by atoms with Gasteiger partial charge in [-0.1, -0.05) is 56.1 Å². The van der Waals surface area contributed by atoms with E-state index in [1.807, 2.05) is 69.0 Å². The van der Waals surface area contributed by atoms with E-state index < -0.39 is 0 Å². The Bertz CT molecular complexity index is 1330. The van der Waals surface area contributed by atoms with Gasteiger partial charge in [-0.15, -0.1) is 0 Å². The summed E-state index contributed by atoms with van der Waals surface area (Å²) in [5, 5.41) is 4.05. The van der Waals surface area contributed by atoms with Crippen LogP contribution in [0.4, 0.5) is 11.4 Å². The van der Waals surface area contributed by atoms with Gasteiger partial charge >= 0.3 is 0 Å². The van der Waals surface area contributed by atoms with Crippen molar-refractivity contribution in [3.63, 3.8) is 0 Å². The number of carbonyl (C=O) groups excluding carboxylic acids is 2. The Morgan fingerprint density at radius 1 is 0.946 bits per heavy atom. The van der Waals surface area contributed by atoms with E-state index >= 15 is 0 Å². The number of nitrogens with one attached hydrogen (secondary N) is 1. The highest BCUT2D eigenvalue weighted by atomic mass is 35.5. The monoisotopic (exact) mass is 539 g/mol. The zero-order valence-corrected chi connectivity index (χ0v) is 23.0. The molecule has 2 aromatic carbocycles. The summed E-state index contributed by atoms with van der Waals surface area (Å²) in [6, 6.07) is 14.8. The van der Waals surface area contributed by atoms with Crippen LogP contribution in [0, 0.1) is 12.3 Å². The molecular formula is C29H31Cl2N3O3. The number of hydrogen-bond donors (Lipinski definition) is 1. The summed E-state index contributed by atoms with van der Waals surface area (Å²) in [5.74, 6) is 1.09. The number of carbonyl (C=O) groups is 2. The molecular weight excluding hydrogens is 509 g/mol. The average Bonchev–Trinajstić information content (AvgIpc) is 3.33. The maximum Gasteiger partial charge on any atom is 0.248 e. The molecule has 2 amide bonds. The molecule has 8 heteroatoms. The van der Waals surface area contributed by atoms with Crippen LogP contribution in [0.1, 0.15) is 32.1 Å². The Hall–Kier alpha value is -3.22. The van der Waals surface area contributed by atoms with Crippen LogP contribution in [0.3, 0.4) is 0 Å². The first-order valence-corrected chi connectivity index (χ1v) is 13.0. The molecule has 0 unspecified atom stereocenters. The number of amides is 2. The second-order valence-corrected chi connectivity index (χ2v) is 11.0. The van der Waals surface area contributed by atoms with Crippen molar-refractivity contribution in [1.29, 1.82) is 0 Å². The van der Waals surface area contributed by atoms with Crippen molar-refractivity contribution >= 4 is 52.5 Å². The highest BCUT2D eigenvalue weighted by Gasteiger charge is 2.30. The Labute approximate surface area is 227 Å². The van der Waals surface area contributed by atoms with Crippen LogP contribution in [0.5, 0.6) is 0 Å². The van der Waals surface area contributed by atoms with E-state index in [-0.39, 0.29) is 17.2 Å². The van der Waals surface area contributed by atoms with Gasteiger partial charge in [0.2, 0.25) is 11.8 Å². The third kappa shape index (κ3) is 6.56. The van der Waals surface area contributed by atoms with Crippen LogP contribution in [-0.2, 0) is 9.59 Å². The standard InChI is InChI=1S/C29H31Cl2N3O3/c1-19-5-6-20(17-23(19)30)26-11-8-22(37-26)9-12-27(35)32-21-7-10-25(24(31)18-21)33-13-15-34(16-14-33)28(36)29(2,3)4/h5-12,17-18H,13-16H2,1-4H3,(H,32,35)/b12-9+. The third-order valence-electron chi connectivity index (χ3n) is 6.25. The summed E-state index contributed by atoms with van der Waals surface area (Å²) >= 11 is 12.8. The molecule has 0 atom stereocenters. The fourth-order valence-electron chi connectivity index (χ4n) is 4.15. The SMILES string of the molecule is Cc1ccc(-c2ccc(/C=C/C(=O)Nc3ccc(N4CCN(C(=O)C(C)(C)C)CC4)c(Cl)c3)o2)cc1Cl. The first-order valence-electron chi connectivity index (χ1n) is 12.2. The molecule has 0 bridgehead atoms. The van der Waals surface area contributed by atoms with Gasteiger partial charge in [0.1, 0.15) is 11.5 Å². The molecule has 0 radical (unpaired) electrons. The first kappa shape index (κ1) is 26.8. The molecule has 194 valence electrons. The van der Waals surface area contributed by atoms with E-state index in [1.54, 1.807) is 18.2 Å². The number of piperazine rings is 1. The van der Waals surface area contributed by atoms with Gasteiger partial charge in [-0.2, -0.15) is 0 Å². The van der Waals surface area contributed by atoms with Gasteiger partial charge in [-0.3, -0.25) is 9.59 Å². The average molecular weight is 540 g/mol. The smallest absolute Gasteiger partial charge is 0.248 e. The Balaban J connectivity index is 1.34. The van der Waals surface area contributed by atoms with E-state index in [0.29, 0.717) is 53.4 Å². The number of rotatable bonds is 5. The molecule has 1 aliphatic heterocycles. The van der Waals surface area contributed by atoms with Crippen molar-refractivity contribution in [1.82, 2.24) is 4.90 Å².